The van der Waals surface area contributed by atoms with Gasteiger partial charge in [-0.3, -0.25) is 4.79 Å². The highest BCUT2D eigenvalue weighted by atomic mass is 16.3. The lowest BCUT2D eigenvalue weighted by atomic mass is 9.45. The highest BCUT2D eigenvalue weighted by Crippen LogP contribution is 2.65. The second-order valence-corrected chi connectivity index (χ2v) is 10.9. The zero-order chi connectivity index (χ0) is 19.7. The van der Waals surface area contributed by atoms with Crippen molar-refractivity contribution in [3.05, 3.63) is 23.2 Å². The van der Waals surface area contributed by atoms with E-state index in [9.17, 15) is 9.90 Å². The largest absolute Gasteiger partial charge is 0.458 e. The SMILES string of the molecule is CCCC(=O)c1cc2c(o1)C[C@@H]1CCC3C4CC[C@H](O)[C@@]4(C)CCC3[C@@]1(C)C2. The maximum Gasteiger partial charge on any atom is 0.197 e. The lowest BCUT2D eigenvalue weighted by molar-refractivity contribution is -0.112. The molecule has 1 aromatic heterocycles. The highest BCUT2D eigenvalue weighted by Gasteiger charge is 2.60. The summed E-state index contributed by atoms with van der Waals surface area (Å²) in [6.07, 6.45) is 10.7. The lowest BCUT2D eigenvalue weighted by Crippen LogP contribution is -2.54. The fraction of sp³-hybridized carbons (Fsp3) is 0.800. The Kier molecular flexibility index (Phi) is 4.36. The van der Waals surface area contributed by atoms with Crippen molar-refractivity contribution in [1.29, 1.82) is 0 Å². The monoisotopic (exact) mass is 384 g/mol. The number of aliphatic hydroxyl groups excluding tert-OH is 1. The van der Waals surface area contributed by atoms with Crippen molar-refractivity contribution in [3.8, 4) is 0 Å². The zero-order valence-corrected chi connectivity index (χ0v) is 17.8. The Bertz CT molecular complexity index is 779. The van der Waals surface area contributed by atoms with Crippen LogP contribution in [0.25, 0.3) is 0 Å². The van der Waals surface area contributed by atoms with E-state index in [-0.39, 0.29) is 17.3 Å². The molecule has 7 atom stereocenters. The molecule has 0 radical (unpaired) electrons. The van der Waals surface area contributed by atoms with Gasteiger partial charge in [0.1, 0.15) is 5.76 Å². The Morgan fingerprint density at radius 3 is 2.71 bits per heavy atom. The summed E-state index contributed by atoms with van der Waals surface area (Å²) in [5.74, 6) is 4.76. The summed E-state index contributed by atoms with van der Waals surface area (Å²) in [4.78, 5) is 12.4. The fourth-order valence-corrected chi connectivity index (χ4v) is 8.03. The van der Waals surface area contributed by atoms with Crippen molar-refractivity contribution in [1.82, 2.24) is 0 Å². The van der Waals surface area contributed by atoms with Crippen LogP contribution in [0.1, 0.15) is 94.0 Å². The molecule has 3 unspecified atom stereocenters. The van der Waals surface area contributed by atoms with Gasteiger partial charge in [-0.1, -0.05) is 20.8 Å². The van der Waals surface area contributed by atoms with Crippen molar-refractivity contribution in [2.75, 3.05) is 0 Å². The third kappa shape index (κ3) is 2.54. The maximum atomic E-state index is 12.4. The number of Topliss-reactive ketones (excluding diaryl/α,β-unsaturated/α-hetero) is 1. The maximum absolute atomic E-state index is 12.4. The first kappa shape index (κ1) is 18.9. The zero-order valence-electron chi connectivity index (χ0n) is 17.8. The standard InChI is InChI=1S/C25H36O3/c1-4-5-20(26)22-12-15-14-25(3)16(13-21(15)28-22)6-7-17-18-8-9-23(27)24(18,2)11-10-19(17)25/h12,16-19,23,27H,4-11,13-14H2,1-3H3/t16-,17?,18?,19?,23-,24-,25-/m0/s1. The molecule has 4 aliphatic carbocycles. The van der Waals surface area contributed by atoms with Gasteiger partial charge in [0, 0.05) is 12.8 Å². The van der Waals surface area contributed by atoms with Gasteiger partial charge in [-0.15, -0.1) is 0 Å². The van der Waals surface area contributed by atoms with Crippen LogP contribution in [0.5, 0.6) is 0 Å². The van der Waals surface area contributed by atoms with E-state index in [2.05, 4.69) is 19.9 Å². The molecular formula is C25H36O3. The van der Waals surface area contributed by atoms with Crippen molar-refractivity contribution in [3.63, 3.8) is 0 Å². The quantitative estimate of drug-likeness (QED) is 0.692. The molecule has 0 aromatic carbocycles. The number of hydrogen-bond acceptors (Lipinski definition) is 3. The molecule has 4 aliphatic rings. The van der Waals surface area contributed by atoms with E-state index < -0.39 is 0 Å². The second kappa shape index (κ2) is 6.45. The molecule has 1 aromatic rings. The van der Waals surface area contributed by atoms with E-state index >= 15 is 0 Å². The smallest absolute Gasteiger partial charge is 0.197 e. The van der Waals surface area contributed by atoms with Crippen LogP contribution in [0.15, 0.2) is 10.5 Å². The topological polar surface area (TPSA) is 50.4 Å². The van der Waals surface area contributed by atoms with Crippen LogP contribution >= 0.6 is 0 Å². The molecule has 5 rings (SSSR count). The first-order chi connectivity index (χ1) is 13.4. The lowest BCUT2D eigenvalue weighted by Gasteiger charge is -2.59. The Morgan fingerprint density at radius 1 is 1.14 bits per heavy atom. The van der Waals surface area contributed by atoms with E-state index in [1.54, 1.807) is 0 Å². The minimum Gasteiger partial charge on any atom is -0.458 e. The van der Waals surface area contributed by atoms with Crippen LogP contribution in [0.4, 0.5) is 0 Å². The minimum absolute atomic E-state index is 0.0945. The number of fused-ring (bicyclic) bond motifs is 6. The van der Waals surface area contributed by atoms with E-state index in [1.807, 2.05) is 6.92 Å². The van der Waals surface area contributed by atoms with Crippen molar-refractivity contribution in [2.24, 2.45) is 34.5 Å². The number of furan rings is 1. The van der Waals surface area contributed by atoms with Gasteiger partial charge < -0.3 is 9.52 Å². The third-order valence-electron chi connectivity index (χ3n) is 9.67. The molecule has 3 heteroatoms. The molecule has 0 bridgehead atoms. The molecule has 28 heavy (non-hydrogen) atoms. The molecule has 3 nitrogen and oxygen atoms in total. The number of aliphatic hydroxyl groups is 1. The molecule has 0 saturated heterocycles. The van der Waals surface area contributed by atoms with Crippen LogP contribution in [-0.2, 0) is 12.8 Å². The fourth-order valence-electron chi connectivity index (χ4n) is 8.03. The van der Waals surface area contributed by atoms with Crippen molar-refractivity contribution >= 4 is 5.78 Å². The van der Waals surface area contributed by atoms with E-state index in [0.29, 0.717) is 29.4 Å². The van der Waals surface area contributed by atoms with E-state index in [4.69, 9.17) is 4.42 Å². The summed E-state index contributed by atoms with van der Waals surface area (Å²) in [6.45, 7) is 6.94. The van der Waals surface area contributed by atoms with E-state index in [0.717, 1.165) is 43.3 Å². The number of hydrogen-bond donors (Lipinski definition) is 1. The summed E-state index contributed by atoms with van der Waals surface area (Å²) in [5, 5.41) is 10.7. The van der Waals surface area contributed by atoms with Crippen LogP contribution in [0.3, 0.4) is 0 Å². The molecule has 1 N–H and O–H groups in total. The summed E-state index contributed by atoms with van der Waals surface area (Å²) in [6, 6.07) is 2.07. The van der Waals surface area contributed by atoms with Crippen molar-refractivity contribution in [2.45, 2.75) is 91.1 Å². The first-order valence-electron chi connectivity index (χ1n) is 11.7. The molecule has 154 valence electrons. The van der Waals surface area contributed by atoms with E-state index in [1.165, 1.54) is 37.7 Å². The Hall–Kier alpha value is -1.09. The van der Waals surface area contributed by atoms with Crippen LogP contribution in [0, 0.1) is 34.5 Å². The van der Waals surface area contributed by atoms with Crippen LogP contribution < -0.4 is 0 Å². The Labute approximate surface area is 169 Å². The normalized spacial score (nSPS) is 44.4. The molecule has 0 aliphatic heterocycles. The number of rotatable bonds is 3. The molecule has 0 spiro atoms. The van der Waals surface area contributed by atoms with Gasteiger partial charge in [0.2, 0.25) is 0 Å². The highest BCUT2D eigenvalue weighted by molar-refractivity contribution is 5.93. The minimum atomic E-state index is -0.0945. The predicted molar refractivity (Wildman–Crippen MR) is 109 cm³/mol. The molecular weight excluding hydrogens is 348 g/mol. The number of ketones is 1. The summed E-state index contributed by atoms with van der Waals surface area (Å²) >= 11 is 0. The average Bonchev–Trinajstić information content (AvgIpc) is 3.20. The predicted octanol–water partition coefficient (Wildman–Crippen LogP) is 5.58. The second-order valence-electron chi connectivity index (χ2n) is 10.9. The summed E-state index contributed by atoms with van der Waals surface area (Å²) in [7, 11) is 0. The van der Waals surface area contributed by atoms with Crippen molar-refractivity contribution < 1.29 is 14.3 Å². The Morgan fingerprint density at radius 2 is 1.93 bits per heavy atom. The van der Waals surface area contributed by atoms with Gasteiger partial charge in [-0.2, -0.15) is 0 Å². The Balaban J connectivity index is 1.44. The number of carbonyl (C=O) groups is 1. The summed E-state index contributed by atoms with van der Waals surface area (Å²) < 4.78 is 6.07. The van der Waals surface area contributed by atoms with Gasteiger partial charge in [-0.05, 0) is 97.5 Å². The van der Waals surface area contributed by atoms with Gasteiger partial charge in [0.15, 0.2) is 11.5 Å². The first-order valence-corrected chi connectivity index (χ1v) is 11.7. The molecule has 0 amide bonds. The molecule has 3 fully saturated rings. The summed E-state index contributed by atoms with van der Waals surface area (Å²) in [5.41, 5.74) is 1.78. The number of carbonyl (C=O) groups excluding carboxylic acids is 1. The molecule has 3 saturated carbocycles. The van der Waals surface area contributed by atoms with Crippen LogP contribution in [0.2, 0.25) is 0 Å². The van der Waals surface area contributed by atoms with Gasteiger partial charge in [0.05, 0.1) is 6.10 Å². The van der Waals surface area contributed by atoms with Crippen LogP contribution in [-0.4, -0.2) is 17.0 Å². The molecule has 1 heterocycles. The van der Waals surface area contributed by atoms with Gasteiger partial charge in [0.25, 0.3) is 0 Å². The average molecular weight is 385 g/mol. The van der Waals surface area contributed by atoms with Gasteiger partial charge >= 0.3 is 0 Å². The third-order valence-corrected chi connectivity index (χ3v) is 9.67. The van der Waals surface area contributed by atoms with Gasteiger partial charge in [-0.25, -0.2) is 0 Å².